The fourth-order valence-corrected chi connectivity index (χ4v) is 2.54. The van der Waals surface area contributed by atoms with Crippen molar-refractivity contribution in [3.8, 4) is 11.4 Å². The van der Waals surface area contributed by atoms with Crippen molar-refractivity contribution < 1.29 is 9.53 Å². The Labute approximate surface area is 128 Å². The number of rotatable bonds is 3. The van der Waals surface area contributed by atoms with Crippen molar-refractivity contribution >= 4 is 11.7 Å². The maximum absolute atomic E-state index is 12.4. The number of ether oxygens (including phenoxy) is 1. The van der Waals surface area contributed by atoms with Crippen LogP contribution in [0.2, 0.25) is 0 Å². The van der Waals surface area contributed by atoms with Crippen LogP contribution in [0.3, 0.4) is 0 Å². The van der Waals surface area contributed by atoms with Gasteiger partial charge in [-0.25, -0.2) is 9.48 Å². The molecule has 3 rings (SSSR count). The third-order valence-corrected chi connectivity index (χ3v) is 3.80. The number of nitrogens with zero attached hydrogens (tertiary/aromatic N) is 5. The van der Waals surface area contributed by atoms with Crippen molar-refractivity contribution in [2.75, 3.05) is 25.5 Å². The first-order chi connectivity index (χ1) is 10.7. The van der Waals surface area contributed by atoms with Gasteiger partial charge in [-0.3, -0.25) is 0 Å². The molecule has 1 aliphatic rings. The fourth-order valence-electron chi connectivity index (χ4n) is 2.54. The lowest BCUT2D eigenvalue weighted by Crippen LogP contribution is -2.34. The summed E-state index contributed by atoms with van der Waals surface area (Å²) in [4.78, 5) is 14.1. The molecule has 1 fully saturated rings. The molecule has 116 valence electrons. The van der Waals surface area contributed by atoms with Crippen LogP contribution in [0.5, 0.6) is 0 Å². The van der Waals surface area contributed by atoms with E-state index in [2.05, 4.69) is 20.8 Å². The van der Waals surface area contributed by atoms with Gasteiger partial charge < -0.3 is 15.0 Å². The van der Waals surface area contributed by atoms with E-state index in [1.54, 1.807) is 23.7 Å². The molecule has 2 amide bonds. The third kappa shape index (κ3) is 2.77. The summed E-state index contributed by atoms with van der Waals surface area (Å²) in [6.07, 6.45) is 0.975. The lowest BCUT2D eigenvalue weighted by atomic mass is 10.1. The van der Waals surface area contributed by atoms with E-state index in [1.807, 2.05) is 24.3 Å². The largest absolute Gasteiger partial charge is 0.380 e. The standard InChI is InChI=1S/C14H18N6O2/c1-19-13(16-17-18-19)11-5-3-4-6-12(11)15-14(21)20-8-7-10(9-20)22-2/h3-6,10H,7-9H2,1-2H3,(H,15,21)/t10-/m0/s1. The Hall–Kier alpha value is -2.48. The first-order valence-corrected chi connectivity index (χ1v) is 7.09. The van der Waals surface area contributed by atoms with Crippen LogP contribution >= 0.6 is 0 Å². The van der Waals surface area contributed by atoms with Gasteiger partial charge in [-0.1, -0.05) is 12.1 Å². The van der Waals surface area contributed by atoms with E-state index >= 15 is 0 Å². The number of hydrogen-bond donors (Lipinski definition) is 1. The molecule has 8 heteroatoms. The van der Waals surface area contributed by atoms with Crippen molar-refractivity contribution in [2.45, 2.75) is 12.5 Å². The number of aryl methyl sites for hydroxylation is 1. The molecule has 1 atom stereocenters. The normalized spacial score (nSPS) is 17.7. The molecule has 2 aromatic rings. The molecule has 1 aromatic heterocycles. The highest BCUT2D eigenvalue weighted by Crippen LogP contribution is 2.25. The van der Waals surface area contributed by atoms with Crippen LogP contribution in [0.25, 0.3) is 11.4 Å². The third-order valence-electron chi connectivity index (χ3n) is 3.80. The molecule has 1 saturated heterocycles. The second-order valence-corrected chi connectivity index (χ2v) is 5.19. The van der Waals surface area contributed by atoms with Crippen molar-refractivity contribution in [3.63, 3.8) is 0 Å². The van der Waals surface area contributed by atoms with Gasteiger partial charge in [0.25, 0.3) is 0 Å². The number of carbonyl (C=O) groups is 1. The number of carbonyl (C=O) groups excluding carboxylic acids is 1. The van der Waals surface area contributed by atoms with Crippen molar-refractivity contribution in [1.29, 1.82) is 0 Å². The highest BCUT2D eigenvalue weighted by molar-refractivity contribution is 5.93. The van der Waals surface area contributed by atoms with Gasteiger partial charge in [0, 0.05) is 32.8 Å². The molecule has 0 spiro atoms. The molecule has 1 aromatic carbocycles. The number of methoxy groups -OCH3 is 1. The molecular weight excluding hydrogens is 284 g/mol. The van der Waals surface area contributed by atoms with E-state index < -0.39 is 0 Å². The summed E-state index contributed by atoms with van der Waals surface area (Å²) in [7, 11) is 3.43. The molecule has 0 radical (unpaired) electrons. The number of likely N-dealkylation sites (tertiary alicyclic amines) is 1. The molecule has 0 aliphatic carbocycles. The first kappa shape index (κ1) is 14.5. The van der Waals surface area contributed by atoms with Gasteiger partial charge >= 0.3 is 6.03 Å². The number of tetrazole rings is 1. The maximum atomic E-state index is 12.4. The Morgan fingerprint density at radius 3 is 2.91 bits per heavy atom. The van der Waals surface area contributed by atoms with Crippen LogP contribution < -0.4 is 5.32 Å². The van der Waals surface area contributed by atoms with E-state index in [1.165, 1.54) is 0 Å². The summed E-state index contributed by atoms with van der Waals surface area (Å²) in [5.74, 6) is 0.604. The number of amides is 2. The minimum absolute atomic E-state index is 0.115. The molecule has 0 saturated carbocycles. The predicted molar refractivity (Wildman–Crippen MR) is 80.2 cm³/mol. The summed E-state index contributed by atoms with van der Waals surface area (Å²) in [5, 5.41) is 14.4. The predicted octanol–water partition coefficient (Wildman–Crippen LogP) is 1.13. The summed E-state index contributed by atoms with van der Waals surface area (Å²) in [5.41, 5.74) is 1.47. The Bertz CT molecular complexity index is 671. The number of para-hydroxylation sites is 1. The molecule has 0 bridgehead atoms. The van der Waals surface area contributed by atoms with E-state index in [0.717, 1.165) is 12.0 Å². The van der Waals surface area contributed by atoms with Gasteiger partial charge in [0.1, 0.15) is 0 Å². The zero-order chi connectivity index (χ0) is 15.5. The summed E-state index contributed by atoms with van der Waals surface area (Å²) in [6.45, 7) is 1.30. The molecule has 1 aliphatic heterocycles. The summed E-state index contributed by atoms with van der Waals surface area (Å²) in [6, 6.07) is 7.33. The monoisotopic (exact) mass is 302 g/mol. The Kier molecular flexibility index (Phi) is 4.01. The molecule has 1 N–H and O–H groups in total. The number of benzene rings is 1. The topological polar surface area (TPSA) is 85.2 Å². The number of hydrogen-bond acceptors (Lipinski definition) is 5. The first-order valence-electron chi connectivity index (χ1n) is 7.09. The second-order valence-electron chi connectivity index (χ2n) is 5.19. The Balaban J connectivity index is 1.79. The second kappa shape index (κ2) is 6.10. The average molecular weight is 302 g/mol. The summed E-state index contributed by atoms with van der Waals surface area (Å²) >= 11 is 0. The van der Waals surface area contributed by atoms with Gasteiger partial charge in [0.15, 0.2) is 5.82 Å². The minimum atomic E-state index is -0.137. The number of nitrogens with one attached hydrogen (secondary N) is 1. The fraction of sp³-hybridized carbons (Fsp3) is 0.429. The lowest BCUT2D eigenvalue weighted by molar-refractivity contribution is 0.111. The molecule has 8 nitrogen and oxygen atoms in total. The molecule has 2 heterocycles. The van der Waals surface area contributed by atoms with Crippen LogP contribution in [0.1, 0.15) is 6.42 Å². The smallest absolute Gasteiger partial charge is 0.321 e. The van der Waals surface area contributed by atoms with Crippen LogP contribution in [0.4, 0.5) is 10.5 Å². The van der Waals surface area contributed by atoms with Gasteiger partial charge in [-0.05, 0) is 29.0 Å². The van der Waals surface area contributed by atoms with E-state index in [9.17, 15) is 4.79 Å². The van der Waals surface area contributed by atoms with Gasteiger partial charge in [-0.15, -0.1) is 5.10 Å². The van der Waals surface area contributed by atoms with Crippen LogP contribution in [-0.4, -0.2) is 57.4 Å². The van der Waals surface area contributed by atoms with Gasteiger partial charge in [-0.2, -0.15) is 0 Å². The Morgan fingerprint density at radius 1 is 1.41 bits per heavy atom. The summed E-state index contributed by atoms with van der Waals surface area (Å²) < 4.78 is 6.86. The van der Waals surface area contributed by atoms with Gasteiger partial charge in [0.2, 0.25) is 0 Å². The van der Waals surface area contributed by atoms with Crippen molar-refractivity contribution in [3.05, 3.63) is 24.3 Å². The highest BCUT2D eigenvalue weighted by Gasteiger charge is 2.26. The zero-order valence-electron chi connectivity index (χ0n) is 12.6. The highest BCUT2D eigenvalue weighted by atomic mass is 16.5. The number of urea groups is 1. The van der Waals surface area contributed by atoms with E-state index in [0.29, 0.717) is 24.6 Å². The van der Waals surface area contributed by atoms with Crippen LogP contribution in [-0.2, 0) is 11.8 Å². The molecular formula is C14H18N6O2. The van der Waals surface area contributed by atoms with E-state index in [-0.39, 0.29) is 12.1 Å². The average Bonchev–Trinajstić information content (AvgIpc) is 3.16. The van der Waals surface area contributed by atoms with Crippen LogP contribution in [0.15, 0.2) is 24.3 Å². The SMILES string of the molecule is CO[C@H]1CCN(C(=O)Nc2ccccc2-c2nnnn2C)C1. The quantitative estimate of drug-likeness (QED) is 0.918. The Morgan fingerprint density at radius 2 is 2.23 bits per heavy atom. The molecule has 0 unspecified atom stereocenters. The lowest BCUT2D eigenvalue weighted by Gasteiger charge is -2.18. The number of aromatic nitrogens is 4. The minimum Gasteiger partial charge on any atom is -0.380 e. The van der Waals surface area contributed by atoms with Gasteiger partial charge in [0.05, 0.1) is 11.8 Å². The number of anilines is 1. The maximum Gasteiger partial charge on any atom is 0.321 e. The van der Waals surface area contributed by atoms with Crippen LogP contribution in [0, 0.1) is 0 Å². The van der Waals surface area contributed by atoms with Crippen molar-refractivity contribution in [2.24, 2.45) is 7.05 Å². The molecule has 22 heavy (non-hydrogen) atoms. The zero-order valence-corrected chi connectivity index (χ0v) is 12.6. The van der Waals surface area contributed by atoms with Crippen molar-refractivity contribution in [1.82, 2.24) is 25.1 Å². The van der Waals surface area contributed by atoms with E-state index in [4.69, 9.17) is 4.74 Å².